The van der Waals surface area contributed by atoms with Crippen molar-refractivity contribution in [1.82, 2.24) is 19.4 Å². The number of amides is 1. The maximum atomic E-state index is 12.2. The van der Waals surface area contributed by atoms with Crippen molar-refractivity contribution in [3.63, 3.8) is 0 Å². The fourth-order valence-corrected chi connectivity index (χ4v) is 3.71. The molecule has 1 fully saturated rings. The first-order chi connectivity index (χ1) is 11.2. The maximum absolute atomic E-state index is 12.2. The molecule has 2 heterocycles. The van der Waals surface area contributed by atoms with Gasteiger partial charge in [-0.1, -0.05) is 0 Å². The third-order valence-corrected chi connectivity index (χ3v) is 6.03. The Morgan fingerprint density at radius 2 is 2.12 bits per heavy atom. The lowest BCUT2D eigenvalue weighted by molar-refractivity contribution is -0.130. The van der Waals surface area contributed by atoms with Gasteiger partial charge in [0.25, 0.3) is 5.56 Å². The summed E-state index contributed by atoms with van der Waals surface area (Å²) in [5.41, 5.74) is 0.284. The molecule has 1 aliphatic rings. The molecule has 2 N–H and O–H groups in total. The fourth-order valence-electron chi connectivity index (χ4n) is 2.55. The van der Waals surface area contributed by atoms with Gasteiger partial charge >= 0.3 is 0 Å². The number of carbonyl (C=O) groups is 1. The van der Waals surface area contributed by atoms with Crippen LogP contribution in [-0.4, -0.2) is 77.9 Å². The number of aliphatic hydroxyl groups is 1. The molecular weight excluding hydrogens is 336 g/mol. The van der Waals surface area contributed by atoms with E-state index in [0.717, 1.165) is 4.31 Å². The van der Waals surface area contributed by atoms with Crippen LogP contribution in [0.15, 0.2) is 16.9 Å². The molecule has 0 unspecified atom stereocenters. The first kappa shape index (κ1) is 18.6. The lowest BCUT2D eigenvalue weighted by Gasteiger charge is -2.18. The standard InChI is InChI=1S/C14H22N4O5S/c1-17(2)24(22,23)9-10-7-18(8-12(10)19)14(21)6-4-11-3-5-13(20)16-15-11/h3,5,10,12,19H,4,6-9H2,1-2H3,(H,16,20)/t10-,12-/m0/s1. The van der Waals surface area contributed by atoms with Crippen molar-refractivity contribution in [3.05, 3.63) is 28.2 Å². The monoisotopic (exact) mass is 358 g/mol. The van der Waals surface area contributed by atoms with Crippen LogP contribution >= 0.6 is 0 Å². The van der Waals surface area contributed by atoms with E-state index < -0.39 is 22.0 Å². The van der Waals surface area contributed by atoms with Gasteiger partial charge in [0, 0.05) is 52.0 Å². The summed E-state index contributed by atoms with van der Waals surface area (Å²) in [4.78, 5) is 24.6. The predicted octanol–water partition coefficient (Wildman–Crippen LogP) is -1.59. The lowest BCUT2D eigenvalue weighted by atomic mass is 10.1. The van der Waals surface area contributed by atoms with E-state index in [0.29, 0.717) is 12.1 Å². The normalized spacial score (nSPS) is 21.4. The van der Waals surface area contributed by atoms with Crippen LogP contribution in [0.4, 0.5) is 0 Å². The molecule has 1 saturated heterocycles. The predicted molar refractivity (Wildman–Crippen MR) is 86.7 cm³/mol. The van der Waals surface area contributed by atoms with E-state index in [9.17, 15) is 23.1 Å². The number of nitrogens with zero attached hydrogens (tertiary/aromatic N) is 3. The number of rotatable bonds is 6. The molecule has 1 amide bonds. The SMILES string of the molecule is CN(C)S(=O)(=O)C[C@@H]1CN(C(=O)CCc2ccc(=O)[nH]n2)C[C@@H]1O. The van der Waals surface area contributed by atoms with Crippen LogP contribution in [0.5, 0.6) is 0 Å². The number of nitrogens with one attached hydrogen (secondary N) is 1. The van der Waals surface area contributed by atoms with Gasteiger partial charge in [-0.2, -0.15) is 5.10 Å². The van der Waals surface area contributed by atoms with E-state index in [1.807, 2.05) is 0 Å². The molecule has 2 rings (SSSR count). The number of aryl methyl sites for hydroxylation is 1. The molecule has 0 saturated carbocycles. The average Bonchev–Trinajstić information content (AvgIpc) is 2.87. The molecule has 2 atom stereocenters. The molecule has 24 heavy (non-hydrogen) atoms. The topological polar surface area (TPSA) is 124 Å². The molecule has 134 valence electrons. The van der Waals surface area contributed by atoms with Gasteiger partial charge in [0.05, 0.1) is 17.6 Å². The second kappa shape index (κ2) is 7.41. The van der Waals surface area contributed by atoms with Crippen LogP contribution in [0.3, 0.4) is 0 Å². The second-order valence-electron chi connectivity index (χ2n) is 6.10. The minimum atomic E-state index is -3.43. The highest BCUT2D eigenvalue weighted by Crippen LogP contribution is 2.20. The first-order valence-corrected chi connectivity index (χ1v) is 9.20. The van der Waals surface area contributed by atoms with Gasteiger partial charge in [0.1, 0.15) is 0 Å². The molecule has 0 bridgehead atoms. The number of carbonyl (C=O) groups excluding carboxylic acids is 1. The number of aliphatic hydroxyl groups excluding tert-OH is 1. The lowest BCUT2D eigenvalue weighted by Crippen LogP contribution is -2.33. The number of likely N-dealkylation sites (tertiary alicyclic amines) is 1. The summed E-state index contributed by atoms with van der Waals surface area (Å²) in [6.45, 7) is 0.345. The van der Waals surface area contributed by atoms with Crippen molar-refractivity contribution in [1.29, 1.82) is 0 Å². The van der Waals surface area contributed by atoms with Crippen molar-refractivity contribution in [2.24, 2.45) is 5.92 Å². The van der Waals surface area contributed by atoms with Crippen LogP contribution in [0.25, 0.3) is 0 Å². The molecule has 1 aromatic rings. The first-order valence-electron chi connectivity index (χ1n) is 7.59. The van der Waals surface area contributed by atoms with Gasteiger partial charge in [-0.25, -0.2) is 17.8 Å². The minimum absolute atomic E-state index is 0.130. The summed E-state index contributed by atoms with van der Waals surface area (Å²) >= 11 is 0. The third-order valence-electron chi connectivity index (χ3n) is 4.07. The molecule has 0 radical (unpaired) electrons. The molecule has 0 aliphatic carbocycles. The number of H-pyrrole nitrogens is 1. The number of hydrogen-bond donors (Lipinski definition) is 2. The Balaban J connectivity index is 1.90. The molecule has 0 aromatic carbocycles. The molecule has 1 aliphatic heterocycles. The van der Waals surface area contributed by atoms with E-state index >= 15 is 0 Å². The van der Waals surface area contributed by atoms with Crippen LogP contribution < -0.4 is 5.56 Å². The van der Waals surface area contributed by atoms with E-state index in [4.69, 9.17) is 0 Å². The molecular formula is C14H22N4O5S. The summed E-state index contributed by atoms with van der Waals surface area (Å²) in [6, 6.07) is 2.89. The van der Waals surface area contributed by atoms with Crippen molar-refractivity contribution in [3.8, 4) is 0 Å². The van der Waals surface area contributed by atoms with Crippen LogP contribution in [0, 0.1) is 5.92 Å². The Hall–Kier alpha value is -1.78. The largest absolute Gasteiger partial charge is 0.391 e. The summed E-state index contributed by atoms with van der Waals surface area (Å²) < 4.78 is 25.0. The van der Waals surface area contributed by atoms with Crippen molar-refractivity contribution in [2.45, 2.75) is 18.9 Å². The summed E-state index contributed by atoms with van der Waals surface area (Å²) in [6.07, 6.45) is -0.309. The van der Waals surface area contributed by atoms with Crippen LogP contribution in [-0.2, 0) is 21.2 Å². The van der Waals surface area contributed by atoms with Crippen LogP contribution in [0.2, 0.25) is 0 Å². The highest BCUT2D eigenvalue weighted by molar-refractivity contribution is 7.89. The van der Waals surface area contributed by atoms with Gasteiger partial charge in [-0.15, -0.1) is 0 Å². The zero-order valence-electron chi connectivity index (χ0n) is 13.7. The van der Waals surface area contributed by atoms with Gasteiger partial charge in [-0.3, -0.25) is 9.59 Å². The summed E-state index contributed by atoms with van der Waals surface area (Å²) in [7, 11) is -0.549. The van der Waals surface area contributed by atoms with Gasteiger partial charge < -0.3 is 10.0 Å². The van der Waals surface area contributed by atoms with Gasteiger partial charge in [-0.05, 0) is 6.07 Å². The zero-order chi connectivity index (χ0) is 17.9. The van der Waals surface area contributed by atoms with Crippen LogP contribution in [0.1, 0.15) is 12.1 Å². The van der Waals surface area contributed by atoms with E-state index in [2.05, 4.69) is 10.2 Å². The van der Waals surface area contributed by atoms with Gasteiger partial charge in [0.15, 0.2) is 0 Å². The third kappa shape index (κ3) is 4.62. The van der Waals surface area contributed by atoms with E-state index in [1.165, 1.54) is 25.1 Å². The molecule has 9 nitrogen and oxygen atoms in total. The fraction of sp³-hybridized carbons (Fsp3) is 0.643. The Morgan fingerprint density at radius 1 is 1.42 bits per heavy atom. The Labute approximate surface area is 140 Å². The Kier molecular flexibility index (Phi) is 5.73. The molecule has 0 spiro atoms. The summed E-state index contributed by atoms with van der Waals surface area (Å²) in [5, 5.41) is 16.2. The van der Waals surface area contributed by atoms with Crippen molar-refractivity contribution < 1.29 is 18.3 Å². The van der Waals surface area contributed by atoms with Gasteiger partial charge in [0.2, 0.25) is 15.9 Å². The van der Waals surface area contributed by atoms with Crippen molar-refractivity contribution >= 4 is 15.9 Å². The highest BCUT2D eigenvalue weighted by Gasteiger charge is 2.37. The smallest absolute Gasteiger partial charge is 0.264 e. The molecule has 1 aromatic heterocycles. The summed E-state index contributed by atoms with van der Waals surface area (Å²) in [5.74, 6) is -0.855. The molecule has 10 heteroatoms. The maximum Gasteiger partial charge on any atom is 0.264 e. The second-order valence-corrected chi connectivity index (χ2v) is 8.33. The Bertz CT molecular complexity index is 725. The minimum Gasteiger partial charge on any atom is -0.391 e. The number of aromatic amines is 1. The van der Waals surface area contributed by atoms with E-state index in [1.54, 1.807) is 6.07 Å². The highest BCUT2D eigenvalue weighted by atomic mass is 32.2. The van der Waals surface area contributed by atoms with Crippen molar-refractivity contribution in [2.75, 3.05) is 32.9 Å². The number of sulfonamides is 1. The number of aromatic nitrogens is 2. The number of β-amino-alcohol motifs (C(OH)–C–C–N with tert-alkyl or cyclic N) is 1. The average molecular weight is 358 g/mol. The zero-order valence-corrected chi connectivity index (χ0v) is 14.5. The van der Waals surface area contributed by atoms with E-state index in [-0.39, 0.29) is 36.7 Å². The number of hydrogen-bond acceptors (Lipinski definition) is 6. The Morgan fingerprint density at radius 3 is 2.71 bits per heavy atom. The quantitative estimate of drug-likeness (QED) is 0.632.